The normalized spacial score (nSPS) is 20.7. The van der Waals surface area contributed by atoms with Gasteiger partial charge in [-0.2, -0.15) is 11.8 Å². The molecule has 0 amide bonds. The van der Waals surface area contributed by atoms with Crippen molar-refractivity contribution < 1.29 is 0 Å². The van der Waals surface area contributed by atoms with E-state index in [4.69, 9.17) is 23.8 Å². The molecule has 1 aromatic carbocycles. The summed E-state index contributed by atoms with van der Waals surface area (Å²) in [4.78, 5) is 3.23. The van der Waals surface area contributed by atoms with Crippen LogP contribution < -0.4 is 0 Å². The van der Waals surface area contributed by atoms with Crippen LogP contribution in [0.3, 0.4) is 0 Å². The number of hydrogen-bond donors (Lipinski definition) is 1. The first kappa shape index (κ1) is 10.7. The average molecular weight is 271 g/mol. The highest BCUT2D eigenvalue weighted by Gasteiger charge is 2.20. The van der Waals surface area contributed by atoms with Crippen LogP contribution >= 0.6 is 35.6 Å². The van der Waals surface area contributed by atoms with Gasteiger partial charge in [0.15, 0.2) is 4.77 Å². The number of fused-ring (bicyclic) bond motifs is 1. The van der Waals surface area contributed by atoms with Crippen LogP contribution in [-0.2, 0) is 0 Å². The van der Waals surface area contributed by atoms with Crippen molar-refractivity contribution in [3.8, 4) is 0 Å². The van der Waals surface area contributed by atoms with E-state index in [1.54, 1.807) is 0 Å². The standard InChI is InChI=1S/C11H11ClN2S2/c12-7-1-2-10-9(5-7)13-11(15)14(10)8-3-4-16-6-8/h1-2,5,8H,3-4,6H2,(H,13,15). The van der Waals surface area contributed by atoms with E-state index in [2.05, 4.69) is 9.55 Å². The Morgan fingerprint density at radius 1 is 1.50 bits per heavy atom. The van der Waals surface area contributed by atoms with Crippen LogP contribution in [-0.4, -0.2) is 21.1 Å². The van der Waals surface area contributed by atoms with Crippen LogP contribution in [0.2, 0.25) is 5.02 Å². The quantitative estimate of drug-likeness (QED) is 0.790. The molecular weight excluding hydrogens is 260 g/mol. The van der Waals surface area contributed by atoms with E-state index in [9.17, 15) is 0 Å². The molecule has 1 atom stereocenters. The second-order valence-electron chi connectivity index (χ2n) is 3.98. The van der Waals surface area contributed by atoms with E-state index in [-0.39, 0.29) is 0 Å². The molecule has 1 aliphatic rings. The van der Waals surface area contributed by atoms with Crippen molar-refractivity contribution in [3.63, 3.8) is 0 Å². The van der Waals surface area contributed by atoms with Crippen molar-refractivity contribution in [2.24, 2.45) is 0 Å². The molecular formula is C11H11ClN2S2. The summed E-state index contributed by atoms with van der Waals surface area (Å²) in [5.41, 5.74) is 2.20. The molecule has 0 spiro atoms. The molecule has 0 saturated carbocycles. The minimum atomic E-state index is 0.535. The topological polar surface area (TPSA) is 20.7 Å². The van der Waals surface area contributed by atoms with E-state index >= 15 is 0 Å². The summed E-state index contributed by atoms with van der Waals surface area (Å²) in [6.45, 7) is 0. The molecule has 0 radical (unpaired) electrons. The molecule has 1 unspecified atom stereocenters. The number of thioether (sulfide) groups is 1. The molecule has 2 aromatic rings. The van der Waals surface area contributed by atoms with Gasteiger partial charge in [-0.25, -0.2) is 0 Å². The smallest absolute Gasteiger partial charge is 0.178 e. The molecule has 84 valence electrons. The van der Waals surface area contributed by atoms with Crippen molar-refractivity contribution >= 4 is 46.6 Å². The van der Waals surface area contributed by atoms with Gasteiger partial charge in [-0.15, -0.1) is 0 Å². The number of nitrogens with zero attached hydrogens (tertiary/aromatic N) is 1. The highest BCUT2D eigenvalue weighted by atomic mass is 35.5. The van der Waals surface area contributed by atoms with Crippen LogP contribution in [0.1, 0.15) is 12.5 Å². The Kier molecular flexibility index (Phi) is 2.73. The van der Waals surface area contributed by atoms with Gasteiger partial charge in [0, 0.05) is 16.8 Å². The molecule has 0 aliphatic carbocycles. The zero-order valence-electron chi connectivity index (χ0n) is 8.57. The maximum atomic E-state index is 5.97. The van der Waals surface area contributed by atoms with E-state index in [0.717, 1.165) is 21.1 Å². The molecule has 1 saturated heterocycles. The largest absolute Gasteiger partial charge is 0.331 e. The van der Waals surface area contributed by atoms with Crippen LogP contribution in [0.5, 0.6) is 0 Å². The fraction of sp³-hybridized carbons (Fsp3) is 0.364. The molecule has 1 aliphatic heterocycles. The van der Waals surface area contributed by atoms with E-state index < -0.39 is 0 Å². The van der Waals surface area contributed by atoms with Gasteiger partial charge in [0.2, 0.25) is 0 Å². The minimum absolute atomic E-state index is 0.535. The summed E-state index contributed by atoms with van der Waals surface area (Å²) in [5, 5.41) is 0.747. The summed E-state index contributed by atoms with van der Waals surface area (Å²) in [5.74, 6) is 2.39. The number of rotatable bonds is 1. The molecule has 0 bridgehead atoms. The Morgan fingerprint density at radius 3 is 3.12 bits per heavy atom. The van der Waals surface area contributed by atoms with Crippen molar-refractivity contribution in [1.82, 2.24) is 9.55 Å². The Morgan fingerprint density at radius 2 is 2.38 bits per heavy atom. The van der Waals surface area contributed by atoms with E-state index in [0.29, 0.717) is 6.04 Å². The third-order valence-corrected chi connectivity index (χ3v) is 4.63. The van der Waals surface area contributed by atoms with Crippen molar-refractivity contribution in [2.75, 3.05) is 11.5 Å². The maximum Gasteiger partial charge on any atom is 0.178 e. The summed E-state index contributed by atoms with van der Waals surface area (Å²) in [6, 6.07) is 6.44. The van der Waals surface area contributed by atoms with Gasteiger partial charge in [-0.1, -0.05) is 11.6 Å². The highest BCUT2D eigenvalue weighted by Crippen LogP contribution is 2.31. The van der Waals surface area contributed by atoms with E-state index in [1.165, 1.54) is 17.7 Å². The molecule has 1 aromatic heterocycles. The number of halogens is 1. The van der Waals surface area contributed by atoms with Crippen LogP contribution in [0.25, 0.3) is 11.0 Å². The first-order valence-corrected chi connectivity index (χ1v) is 7.17. The lowest BCUT2D eigenvalue weighted by Gasteiger charge is -2.11. The average Bonchev–Trinajstić information content (AvgIpc) is 2.83. The van der Waals surface area contributed by atoms with Crippen molar-refractivity contribution in [3.05, 3.63) is 28.0 Å². The van der Waals surface area contributed by atoms with Gasteiger partial charge in [0.05, 0.1) is 11.0 Å². The fourth-order valence-electron chi connectivity index (χ4n) is 2.19. The molecule has 1 N–H and O–H groups in total. The summed E-state index contributed by atoms with van der Waals surface area (Å²) < 4.78 is 3.05. The molecule has 3 rings (SSSR count). The van der Waals surface area contributed by atoms with Crippen molar-refractivity contribution in [2.45, 2.75) is 12.5 Å². The number of benzene rings is 1. The Labute approximate surface area is 108 Å². The predicted octanol–water partition coefficient (Wildman–Crippen LogP) is 4.03. The number of imidazole rings is 1. The number of aromatic amines is 1. The predicted molar refractivity (Wildman–Crippen MR) is 73.1 cm³/mol. The number of hydrogen-bond acceptors (Lipinski definition) is 2. The third-order valence-electron chi connectivity index (χ3n) is 2.95. The van der Waals surface area contributed by atoms with E-state index in [1.807, 2.05) is 30.0 Å². The van der Waals surface area contributed by atoms with Crippen LogP contribution in [0, 0.1) is 4.77 Å². The first-order chi connectivity index (χ1) is 7.75. The first-order valence-electron chi connectivity index (χ1n) is 5.23. The number of H-pyrrole nitrogens is 1. The van der Waals surface area contributed by atoms with Gasteiger partial charge >= 0.3 is 0 Å². The van der Waals surface area contributed by atoms with Gasteiger partial charge in [0.25, 0.3) is 0 Å². The fourth-order valence-corrected chi connectivity index (χ4v) is 3.91. The van der Waals surface area contributed by atoms with Crippen LogP contribution in [0.4, 0.5) is 0 Å². The summed E-state index contributed by atoms with van der Waals surface area (Å²) in [6.07, 6.45) is 1.20. The Balaban J connectivity index is 2.23. The van der Waals surface area contributed by atoms with Crippen LogP contribution in [0.15, 0.2) is 18.2 Å². The van der Waals surface area contributed by atoms with Gasteiger partial charge in [-0.05, 0) is 42.6 Å². The highest BCUT2D eigenvalue weighted by molar-refractivity contribution is 7.99. The minimum Gasteiger partial charge on any atom is -0.331 e. The zero-order valence-corrected chi connectivity index (χ0v) is 11.0. The monoisotopic (exact) mass is 270 g/mol. The number of aromatic nitrogens is 2. The molecule has 2 heterocycles. The molecule has 2 nitrogen and oxygen atoms in total. The van der Waals surface area contributed by atoms with Gasteiger partial charge < -0.3 is 9.55 Å². The lowest BCUT2D eigenvalue weighted by atomic mass is 10.2. The SMILES string of the molecule is S=c1[nH]c2cc(Cl)ccc2n1C1CCSC1. The Hall–Kier alpha value is -0.450. The second-order valence-corrected chi connectivity index (χ2v) is 5.95. The molecule has 16 heavy (non-hydrogen) atoms. The lowest BCUT2D eigenvalue weighted by molar-refractivity contribution is 0.569. The van der Waals surface area contributed by atoms with Gasteiger partial charge in [0.1, 0.15) is 0 Å². The van der Waals surface area contributed by atoms with Gasteiger partial charge in [-0.3, -0.25) is 0 Å². The lowest BCUT2D eigenvalue weighted by Crippen LogP contribution is -2.07. The number of nitrogens with one attached hydrogen (secondary N) is 1. The maximum absolute atomic E-state index is 5.97. The zero-order chi connectivity index (χ0) is 11.1. The van der Waals surface area contributed by atoms with Crippen molar-refractivity contribution in [1.29, 1.82) is 0 Å². The second kappa shape index (κ2) is 4.09. The summed E-state index contributed by atoms with van der Waals surface area (Å²) >= 11 is 13.4. The molecule has 5 heteroatoms. The Bertz CT molecular complexity index is 581. The third kappa shape index (κ3) is 1.69. The summed E-state index contributed by atoms with van der Waals surface area (Å²) in [7, 11) is 0. The molecule has 1 fully saturated rings.